The summed E-state index contributed by atoms with van der Waals surface area (Å²) < 4.78 is 20.7. The minimum Gasteiger partial charge on any atom is -0.442 e. The van der Waals surface area contributed by atoms with E-state index in [9.17, 15) is 9.18 Å². The van der Waals surface area contributed by atoms with Crippen LogP contribution in [0.15, 0.2) is 18.3 Å². The normalized spacial score (nSPS) is 11.8. The summed E-state index contributed by atoms with van der Waals surface area (Å²) in [5.74, 6) is -0.486. The van der Waals surface area contributed by atoms with Crippen molar-refractivity contribution in [2.75, 3.05) is 0 Å². The van der Waals surface area contributed by atoms with E-state index in [1.165, 1.54) is 12.3 Å². The number of hydrogen-bond acceptors (Lipinski definition) is 3. The maximum atomic E-state index is 13.9. The number of carbonyl (C=O) groups is 1. The Morgan fingerprint density at radius 3 is 2.72 bits per heavy atom. The van der Waals surface area contributed by atoms with Gasteiger partial charge in [-0.2, -0.15) is 9.78 Å². The highest BCUT2D eigenvalue weighted by Crippen LogP contribution is 2.22. The molecule has 18 heavy (non-hydrogen) atoms. The van der Waals surface area contributed by atoms with Crippen molar-refractivity contribution in [1.82, 2.24) is 9.78 Å². The molecule has 1 aromatic carbocycles. The molecule has 0 aliphatic rings. The first kappa shape index (κ1) is 13.3. The van der Waals surface area contributed by atoms with Crippen LogP contribution < -0.4 is 0 Å². The molecule has 0 amide bonds. The van der Waals surface area contributed by atoms with E-state index in [0.29, 0.717) is 5.39 Å². The van der Waals surface area contributed by atoms with Gasteiger partial charge in [0.2, 0.25) is 0 Å². The van der Waals surface area contributed by atoms with Crippen LogP contribution in [-0.2, 0) is 4.74 Å². The molecule has 0 N–H and O–H groups in total. The molecule has 1 aromatic heterocycles. The molecule has 0 atom stereocenters. The van der Waals surface area contributed by atoms with Gasteiger partial charge in [0.25, 0.3) is 0 Å². The van der Waals surface area contributed by atoms with Crippen molar-refractivity contribution in [1.29, 1.82) is 0 Å². The summed E-state index contributed by atoms with van der Waals surface area (Å²) in [5, 5.41) is 4.45. The van der Waals surface area contributed by atoms with Crippen LogP contribution in [0.1, 0.15) is 20.8 Å². The van der Waals surface area contributed by atoms with Gasteiger partial charge >= 0.3 is 6.09 Å². The van der Waals surface area contributed by atoms with Crippen LogP contribution in [0.2, 0.25) is 0 Å². The molecule has 0 bridgehead atoms. The molecule has 96 valence electrons. The van der Waals surface area contributed by atoms with E-state index in [1.54, 1.807) is 26.8 Å². The Morgan fingerprint density at radius 2 is 2.11 bits per heavy atom. The predicted octanol–water partition coefficient (Wildman–Crippen LogP) is 3.56. The molecule has 0 saturated carbocycles. The van der Waals surface area contributed by atoms with Crippen molar-refractivity contribution >= 4 is 39.6 Å². The topological polar surface area (TPSA) is 44.1 Å². The average Bonchev–Trinajstić information content (AvgIpc) is 2.58. The number of halogens is 2. The summed E-state index contributed by atoms with van der Waals surface area (Å²) in [5.41, 5.74) is -0.501. The number of nitrogens with zero attached hydrogens (tertiary/aromatic N) is 2. The largest absolute Gasteiger partial charge is 0.442 e. The molecule has 2 rings (SSSR count). The quantitative estimate of drug-likeness (QED) is 0.674. The van der Waals surface area contributed by atoms with Gasteiger partial charge in [-0.15, -0.1) is 0 Å². The number of carbonyl (C=O) groups excluding carboxylic acids is 1. The summed E-state index contributed by atoms with van der Waals surface area (Å²) in [7, 11) is 0. The molecule has 2 aromatic rings. The Kier molecular flexibility index (Phi) is 3.31. The molecule has 0 aliphatic carbocycles. The molecule has 1 heterocycles. The fourth-order valence-corrected chi connectivity index (χ4v) is 2.14. The van der Waals surface area contributed by atoms with E-state index >= 15 is 0 Å². The highest BCUT2D eigenvalue weighted by molar-refractivity contribution is 14.1. The van der Waals surface area contributed by atoms with E-state index in [2.05, 4.69) is 5.10 Å². The summed E-state index contributed by atoms with van der Waals surface area (Å²) in [6, 6.07) is 3.11. The summed E-state index contributed by atoms with van der Waals surface area (Å²) in [6.45, 7) is 5.24. The maximum Gasteiger partial charge on any atom is 0.435 e. The van der Waals surface area contributed by atoms with Crippen LogP contribution in [-0.4, -0.2) is 21.5 Å². The van der Waals surface area contributed by atoms with E-state index in [4.69, 9.17) is 4.74 Å². The van der Waals surface area contributed by atoms with Gasteiger partial charge < -0.3 is 4.74 Å². The Labute approximate surface area is 117 Å². The standard InChI is InChI=1S/C12H12FIN2O2/c1-12(2,3)18-11(17)16-10-7(6-15-16)4-8(14)5-9(10)13/h4-6H,1-3H3. The second-order valence-corrected chi connectivity index (χ2v) is 6.11. The van der Waals surface area contributed by atoms with Crippen LogP contribution in [0.5, 0.6) is 0 Å². The van der Waals surface area contributed by atoms with Crippen LogP contribution in [0.25, 0.3) is 10.9 Å². The summed E-state index contributed by atoms with van der Waals surface area (Å²) >= 11 is 2.01. The smallest absolute Gasteiger partial charge is 0.435 e. The Hall–Kier alpha value is -1.18. The zero-order valence-corrected chi connectivity index (χ0v) is 12.4. The van der Waals surface area contributed by atoms with Crippen molar-refractivity contribution in [3.8, 4) is 0 Å². The number of rotatable bonds is 0. The molecule has 6 heteroatoms. The predicted molar refractivity (Wildman–Crippen MR) is 74.0 cm³/mol. The monoisotopic (exact) mass is 362 g/mol. The molecule has 4 nitrogen and oxygen atoms in total. The Morgan fingerprint density at radius 1 is 1.44 bits per heavy atom. The summed E-state index contributed by atoms with van der Waals surface area (Å²) in [6.07, 6.45) is 0.766. The lowest BCUT2D eigenvalue weighted by molar-refractivity contribution is 0.0521. The zero-order valence-electron chi connectivity index (χ0n) is 10.2. The van der Waals surface area contributed by atoms with Crippen LogP contribution in [0.3, 0.4) is 0 Å². The third kappa shape index (κ3) is 2.63. The lowest BCUT2D eigenvalue weighted by Crippen LogP contribution is -2.27. The first-order chi connectivity index (χ1) is 8.28. The van der Waals surface area contributed by atoms with Gasteiger partial charge in [-0.25, -0.2) is 9.18 Å². The van der Waals surface area contributed by atoms with Crippen molar-refractivity contribution < 1.29 is 13.9 Å². The van der Waals surface area contributed by atoms with E-state index in [1.807, 2.05) is 22.6 Å². The third-order valence-electron chi connectivity index (χ3n) is 2.15. The van der Waals surface area contributed by atoms with Crippen LogP contribution in [0.4, 0.5) is 9.18 Å². The molecule has 0 spiro atoms. The van der Waals surface area contributed by atoms with Gasteiger partial charge in [0, 0.05) is 8.96 Å². The fraction of sp³-hybridized carbons (Fsp3) is 0.333. The number of ether oxygens (including phenoxy) is 1. The van der Waals surface area contributed by atoms with Gasteiger partial charge in [0.05, 0.1) is 6.20 Å². The minimum absolute atomic E-state index is 0.143. The van der Waals surface area contributed by atoms with E-state index < -0.39 is 17.5 Å². The van der Waals surface area contributed by atoms with Gasteiger partial charge in [0.1, 0.15) is 11.1 Å². The van der Waals surface area contributed by atoms with Crippen molar-refractivity contribution in [2.24, 2.45) is 0 Å². The molecular formula is C12H12FIN2O2. The van der Waals surface area contributed by atoms with Gasteiger partial charge in [-0.1, -0.05) is 0 Å². The molecule has 0 fully saturated rings. The molecular weight excluding hydrogens is 350 g/mol. The van der Waals surface area contributed by atoms with Crippen molar-refractivity contribution in [2.45, 2.75) is 26.4 Å². The van der Waals surface area contributed by atoms with Gasteiger partial charge in [-0.05, 0) is 55.5 Å². The highest BCUT2D eigenvalue weighted by atomic mass is 127. The fourth-order valence-electron chi connectivity index (χ4n) is 1.53. The lowest BCUT2D eigenvalue weighted by Gasteiger charge is -2.19. The van der Waals surface area contributed by atoms with Gasteiger partial charge in [0.15, 0.2) is 5.82 Å². The van der Waals surface area contributed by atoms with Crippen LogP contribution >= 0.6 is 22.6 Å². The lowest BCUT2D eigenvalue weighted by atomic mass is 10.2. The number of aromatic nitrogens is 2. The van der Waals surface area contributed by atoms with Crippen molar-refractivity contribution in [3.63, 3.8) is 0 Å². The average molecular weight is 362 g/mol. The first-order valence-electron chi connectivity index (χ1n) is 5.34. The third-order valence-corrected chi connectivity index (χ3v) is 2.77. The number of hydrogen-bond donors (Lipinski definition) is 0. The minimum atomic E-state index is -0.683. The van der Waals surface area contributed by atoms with Gasteiger partial charge in [-0.3, -0.25) is 0 Å². The van der Waals surface area contributed by atoms with Crippen molar-refractivity contribution in [3.05, 3.63) is 27.7 Å². The number of fused-ring (bicyclic) bond motifs is 1. The molecule has 0 unspecified atom stereocenters. The molecule has 0 radical (unpaired) electrons. The van der Waals surface area contributed by atoms with Crippen LogP contribution in [0, 0.1) is 9.39 Å². The maximum absolute atomic E-state index is 13.9. The molecule has 0 saturated heterocycles. The first-order valence-corrected chi connectivity index (χ1v) is 6.42. The Bertz CT molecular complexity index is 616. The van der Waals surface area contributed by atoms with E-state index in [-0.39, 0.29) is 5.52 Å². The van der Waals surface area contributed by atoms with E-state index in [0.717, 1.165) is 8.25 Å². The SMILES string of the molecule is CC(C)(C)OC(=O)n1ncc2cc(I)cc(F)c21. The second-order valence-electron chi connectivity index (χ2n) is 4.86. The number of benzene rings is 1. The zero-order chi connectivity index (χ0) is 13.5. The molecule has 0 aliphatic heterocycles. The Balaban J connectivity index is 2.50. The highest BCUT2D eigenvalue weighted by Gasteiger charge is 2.21. The second kappa shape index (κ2) is 4.49. The summed E-state index contributed by atoms with van der Waals surface area (Å²) in [4.78, 5) is 11.9.